The van der Waals surface area contributed by atoms with Crippen molar-refractivity contribution in [1.82, 2.24) is 9.55 Å². The lowest BCUT2D eigenvalue weighted by atomic mass is 10.0. The van der Waals surface area contributed by atoms with E-state index in [2.05, 4.69) is 24.3 Å². The topological polar surface area (TPSA) is 55.2 Å². The van der Waals surface area contributed by atoms with Gasteiger partial charge in [-0.25, -0.2) is 4.98 Å². The van der Waals surface area contributed by atoms with E-state index in [9.17, 15) is 9.59 Å². The van der Waals surface area contributed by atoms with Gasteiger partial charge >= 0.3 is 0 Å². The fraction of sp³-hybridized carbons (Fsp3) is 0.0541. The molecule has 1 unspecified atom stereocenters. The number of benzene rings is 5. The Morgan fingerprint density at radius 3 is 1.95 bits per heavy atom. The first-order chi connectivity index (χ1) is 21.2. The maximum atomic E-state index is 13.7. The Morgan fingerprint density at radius 2 is 1.26 bits per heavy atom. The summed E-state index contributed by atoms with van der Waals surface area (Å²) in [4.78, 5) is 33.2. The molecule has 7 rings (SSSR count). The minimum Gasteiger partial charge on any atom is -0.296 e. The molecule has 1 atom stereocenters. The van der Waals surface area contributed by atoms with Gasteiger partial charge < -0.3 is 0 Å². The molecule has 6 heteroatoms. The quantitative estimate of drug-likeness (QED) is 0.202. The zero-order valence-electron chi connectivity index (χ0n) is 23.2. The van der Waals surface area contributed by atoms with E-state index in [0.29, 0.717) is 22.5 Å². The summed E-state index contributed by atoms with van der Waals surface area (Å²) in [5.41, 5.74) is 6.21. The normalized spacial score (nSPS) is 15.0. The molecule has 0 aliphatic carbocycles. The summed E-state index contributed by atoms with van der Waals surface area (Å²) >= 11 is 1.63. The van der Waals surface area contributed by atoms with Crippen molar-refractivity contribution in [3.63, 3.8) is 0 Å². The predicted octanol–water partition coefficient (Wildman–Crippen LogP) is 7.84. The third-order valence-corrected chi connectivity index (χ3v) is 8.69. The van der Waals surface area contributed by atoms with Crippen LogP contribution in [-0.2, 0) is 4.79 Å². The monoisotopic (exact) mass is 577 g/mol. The Labute approximate surface area is 253 Å². The molecule has 208 valence electrons. The van der Waals surface area contributed by atoms with Gasteiger partial charge in [0.05, 0.1) is 22.3 Å². The standard InChI is InChI=1S/C37H27N3O2S/c41-34-25-43-35(24-15-26-9-3-1-4-10-26)39(34)30-20-16-27(17-21-30)28-18-22-31(23-19-28)40-36(29-11-5-2-6-12-29)38-33-14-8-7-13-32(33)37(40)42/h1-24,35H,25H2. The maximum absolute atomic E-state index is 13.7. The third kappa shape index (κ3) is 5.29. The number of amides is 1. The summed E-state index contributed by atoms with van der Waals surface area (Å²) in [5.74, 6) is 1.17. The first-order valence-corrected chi connectivity index (χ1v) is 15.2. The lowest BCUT2D eigenvalue weighted by molar-refractivity contribution is -0.115. The van der Waals surface area contributed by atoms with Gasteiger partial charge in [-0.3, -0.25) is 19.1 Å². The molecule has 1 aliphatic rings. The molecule has 43 heavy (non-hydrogen) atoms. The molecule has 0 bridgehead atoms. The van der Waals surface area contributed by atoms with Crippen LogP contribution in [0.3, 0.4) is 0 Å². The second kappa shape index (κ2) is 11.6. The fourth-order valence-electron chi connectivity index (χ4n) is 5.40. The van der Waals surface area contributed by atoms with Crippen LogP contribution >= 0.6 is 11.8 Å². The van der Waals surface area contributed by atoms with Gasteiger partial charge in [0.15, 0.2) is 0 Å². The van der Waals surface area contributed by atoms with Crippen LogP contribution in [0.1, 0.15) is 5.56 Å². The Kier molecular flexibility index (Phi) is 7.19. The largest absolute Gasteiger partial charge is 0.296 e. The number of thioether (sulfide) groups is 1. The number of carbonyl (C=O) groups is 1. The highest BCUT2D eigenvalue weighted by Gasteiger charge is 2.31. The molecule has 1 aromatic heterocycles. The molecule has 5 nitrogen and oxygen atoms in total. The van der Waals surface area contributed by atoms with Crippen molar-refractivity contribution in [1.29, 1.82) is 0 Å². The molecular formula is C37H27N3O2S. The molecule has 1 fully saturated rings. The summed E-state index contributed by atoms with van der Waals surface area (Å²) in [6, 6.07) is 43.4. The van der Waals surface area contributed by atoms with E-state index in [1.807, 2.05) is 126 Å². The average molecular weight is 578 g/mol. The number of aromatic nitrogens is 2. The van der Waals surface area contributed by atoms with Gasteiger partial charge in [-0.2, -0.15) is 0 Å². The number of rotatable bonds is 6. The molecule has 1 amide bonds. The lowest BCUT2D eigenvalue weighted by Gasteiger charge is -2.22. The number of nitrogens with zero attached hydrogens (tertiary/aromatic N) is 3. The molecule has 0 saturated carbocycles. The van der Waals surface area contributed by atoms with Gasteiger partial charge in [-0.1, -0.05) is 109 Å². The van der Waals surface area contributed by atoms with Crippen molar-refractivity contribution in [2.75, 3.05) is 10.7 Å². The molecule has 6 aromatic rings. The third-order valence-electron chi connectivity index (χ3n) is 7.57. The summed E-state index contributed by atoms with van der Waals surface area (Å²) in [6.07, 6.45) is 4.16. The molecule has 2 heterocycles. The minimum absolute atomic E-state index is 0.0504. The Bertz CT molecular complexity index is 2000. The zero-order chi connectivity index (χ0) is 29.2. The average Bonchev–Trinajstić information content (AvgIpc) is 3.44. The molecule has 1 saturated heterocycles. The van der Waals surface area contributed by atoms with E-state index in [1.54, 1.807) is 16.3 Å². The first-order valence-electron chi connectivity index (χ1n) is 14.1. The molecule has 1 aliphatic heterocycles. The predicted molar refractivity (Wildman–Crippen MR) is 177 cm³/mol. The van der Waals surface area contributed by atoms with E-state index in [4.69, 9.17) is 4.98 Å². The van der Waals surface area contributed by atoms with Crippen LogP contribution in [0.25, 0.3) is 45.2 Å². The van der Waals surface area contributed by atoms with E-state index in [-0.39, 0.29) is 16.8 Å². The van der Waals surface area contributed by atoms with Crippen molar-refractivity contribution in [2.24, 2.45) is 0 Å². The van der Waals surface area contributed by atoms with Crippen molar-refractivity contribution in [2.45, 2.75) is 5.37 Å². The molecule has 0 N–H and O–H groups in total. The second-order valence-corrected chi connectivity index (χ2v) is 11.4. The smallest absolute Gasteiger partial charge is 0.266 e. The SMILES string of the molecule is O=C1CSC(C=Cc2ccccc2)N1c1ccc(-c2ccc(-n3c(-c4ccccc4)nc4ccccc4c3=O)cc2)cc1. The van der Waals surface area contributed by atoms with Crippen LogP contribution < -0.4 is 10.5 Å². The van der Waals surface area contributed by atoms with Gasteiger partial charge in [0.2, 0.25) is 5.91 Å². The molecule has 0 radical (unpaired) electrons. The highest BCUT2D eigenvalue weighted by Crippen LogP contribution is 2.33. The van der Waals surface area contributed by atoms with Crippen LogP contribution in [0.15, 0.2) is 144 Å². The second-order valence-electron chi connectivity index (χ2n) is 10.3. The zero-order valence-corrected chi connectivity index (χ0v) is 24.0. The Balaban J connectivity index is 1.18. The van der Waals surface area contributed by atoms with Crippen LogP contribution in [0.2, 0.25) is 0 Å². The van der Waals surface area contributed by atoms with Gasteiger partial charge in [0.25, 0.3) is 5.56 Å². The van der Waals surface area contributed by atoms with Crippen LogP contribution in [0.5, 0.6) is 0 Å². The van der Waals surface area contributed by atoms with Crippen molar-refractivity contribution in [3.8, 4) is 28.2 Å². The summed E-state index contributed by atoms with van der Waals surface area (Å²) < 4.78 is 1.68. The van der Waals surface area contributed by atoms with Crippen LogP contribution in [0.4, 0.5) is 5.69 Å². The van der Waals surface area contributed by atoms with E-state index >= 15 is 0 Å². The van der Waals surface area contributed by atoms with Gasteiger partial charge in [-0.05, 0) is 53.1 Å². The van der Waals surface area contributed by atoms with E-state index < -0.39 is 0 Å². The van der Waals surface area contributed by atoms with E-state index in [1.165, 1.54) is 0 Å². The fourth-order valence-corrected chi connectivity index (χ4v) is 6.43. The van der Waals surface area contributed by atoms with Gasteiger partial charge in [-0.15, -0.1) is 11.8 Å². The minimum atomic E-state index is -0.106. The Morgan fingerprint density at radius 1 is 0.651 bits per heavy atom. The number of hydrogen-bond donors (Lipinski definition) is 0. The summed E-state index contributed by atoms with van der Waals surface area (Å²) in [6.45, 7) is 0. The number of carbonyl (C=O) groups excluding carboxylic acids is 1. The first kappa shape index (κ1) is 26.7. The van der Waals surface area contributed by atoms with Crippen LogP contribution in [-0.4, -0.2) is 26.6 Å². The van der Waals surface area contributed by atoms with Gasteiger partial charge in [0.1, 0.15) is 11.2 Å². The number of anilines is 1. The van der Waals surface area contributed by atoms with Crippen LogP contribution in [0, 0.1) is 0 Å². The lowest BCUT2D eigenvalue weighted by Crippen LogP contribution is -2.31. The maximum Gasteiger partial charge on any atom is 0.266 e. The summed E-state index contributed by atoms with van der Waals surface area (Å²) in [5, 5.41) is 0.527. The van der Waals surface area contributed by atoms with Gasteiger partial charge in [0, 0.05) is 11.3 Å². The van der Waals surface area contributed by atoms with Crippen molar-refractivity contribution >= 4 is 40.3 Å². The molecule has 5 aromatic carbocycles. The highest BCUT2D eigenvalue weighted by atomic mass is 32.2. The molecular weight excluding hydrogens is 550 g/mol. The number of fused-ring (bicyclic) bond motifs is 1. The summed E-state index contributed by atoms with van der Waals surface area (Å²) in [7, 11) is 0. The Hall–Kier alpha value is -5.20. The van der Waals surface area contributed by atoms with Crippen molar-refractivity contribution in [3.05, 3.63) is 155 Å². The highest BCUT2D eigenvalue weighted by molar-refractivity contribution is 8.01. The number of hydrogen-bond acceptors (Lipinski definition) is 4. The number of para-hydroxylation sites is 1. The molecule has 0 spiro atoms. The van der Waals surface area contributed by atoms with E-state index in [0.717, 1.165) is 33.6 Å². The van der Waals surface area contributed by atoms with Crippen molar-refractivity contribution < 1.29 is 4.79 Å².